The molecule has 0 atom stereocenters. The maximum absolute atomic E-state index is 12.3. The van der Waals surface area contributed by atoms with Crippen LogP contribution in [0.4, 0.5) is 0 Å². The number of hydrogen-bond acceptors (Lipinski definition) is 5. The molecule has 0 aliphatic rings. The van der Waals surface area contributed by atoms with Crippen molar-refractivity contribution in [1.82, 2.24) is 5.32 Å². The third-order valence-corrected chi connectivity index (χ3v) is 5.79. The molecule has 1 amide bonds. The van der Waals surface area contributed by atoms with Crippen molar-refractivity contribution in [3.05, 3.63) is 82.0 Å². The van der Waals surface area contributed by atoms with Gasteiger partial charge in [0.05, 0.1) is 4.90 Å². The molecular weight excluding hydrogens is 396 g/mol. The molecule has 0 radical (unpaired) electrons. The molecule has 1 heterocycles. The van der Waals surface area contributed by atoms with E-state index in [-0.39, 0.29) is 10.8 Å². The zero-order valence-electron chi connectivity index (χ0n) is 15.0. The van der Waals surface area contributed by atoms with Crippen LogP contribution >= 0.6 is 11.3 Å². The summed E-state index contributed by atoms with van der Waals surface area (Å²) < 4.78 is 28.2. The van der Waals surface area contributed by atoms with Crippen molar-refractivity contribution < 1.29 is 17.9 Å². The van der Waals surface area contributed by atoms with Gasteiger partial charge in [-0.1, -0.05) is 24.3 Å². The van der Waals surface area contributed by atoms with Gasteiger partial charge >= 0.3 is 0 Å². The van der Waals surface area contributed by atoms with Crippen LogP contribution in [0.2, 0.25) is 0 Å². The Kier molecular flexibility index (Phi) is 6.45. The van der Waals surface area contributed by atoms with E-state index in [2.05, 4.69) is 5.32 Å². The van der Waals surface area contributed by atoms with Crippen molar-refractivity contribution >= 4 is 27.3 Å². The van der Waals surface area contributed by atoms with Crippen LogP contribution in [-0.4, -0.2) is 20.9 Å². The fourth-order valence-electron chi connectivity index (χ4n) is 2.54. The number of rotatable bonds is 8. The summed E-state index contributed by atoms with van der Waals surface area (Å²) in [6.45, 7) is 0.894. The van der Waals surface area contributed by atoms with Crippen LogP contribution in [0.15, 0.2) is 70.9 Å². The molecule has 6 nitrogen and oxygen atoms in total. The largest absolute Gasteiger partial charge is 0.488 e. The SMILES string of the molecule is NS(=O)(=O)c1ccc(CCNC(=O)c2cccc(OCc3cccs3)c2)cc1. The van der Waals surface area contributed by atoms with Crippen molar-refractivity contribution in [2.24, 2.45) is 5.14 Å². The third-order valence-electron chi connectivity index (χ3n) is 4.01. The number of amides is 1. The van der Waals surface area contributed by atoms with Gasteiger partial charge in [0, 0.05) is 17.0 Å². The molecule has 0 unspecified atom stereocenters. The van der Waals surface area contributed by atoms with E-state index in [9.17, 15) is 13.2 Å². The Morgan fingerprint density at radius 2 is 1.86 bits per heavy atom. The average Bonchev–Trinajstić information content (AvgIpc) is 3.20. The summed E-state index contributed by atoms with van der Waals surface area (Å²) in [5.74, 6) is 0.447. The van der Waals surface area contributed by atoms with E-state index in [1.807, 2.05) is 23.6 Å². The number of hydrogen-bond donors (Lipinski definition) is 2. The zero-order chi connectivity index (χ0) is 20.0. The molecule has 8 heteroatoms. The Labute approximate surface area is 168 Å². The monoisotopic (exact) mass is 416 g/mol. The highest BCUT2D eigenvalue weighted by Gasteiger charge is 2.08. The van der Waals surface area contributed by atoms with Gasteiger partial charge in [0.1, 0.15) is 12.4 Å². The lowest BCUT2D eigenvalue weighted by Gasteiger charge is -2.08. The first-order valence-corrected chi connectivity index (χ1v) is 11.0. The Morgan fingerprint density at radius 3 is 2.54 bits per heavy atom. The van der Waals surface area contributed by atoms with Gasteiger partial charge < -0.3 is 10.1 Å². The first kappa shape index (κ1) is 20.1. The highest BCUT2D eigenvalue weighted by Crippen LogP contribution is 2.17. The fraction of sp³-hybridized carbons (Fsp3) is 0.150. The molecule has 0 bridgehead atoms. The van der Waals surface area contributed by atoms with E-state index < -0.39 is 10.0 Å². The summed E-state index contributed by atoms with van der Waals surface area (Å²) in [6, 6.07) is 17.3. The minimum Gasteiger partial charge on any atom is -0.488 e. The van der Waals surface area contributed by atoms with Gasteiger partial charge in [-0.2, -0.15) is 0 Å². The minimum absolute atomic E-state index is 0.0691. The van der Waals surface area contributed by atoms with E-state index in [0.29, 0.717) is 30.9 Å². The Bertz CT molecular complexity index is 1030. The Hall–Kier alpha value is -2.68. The standard InChI is InChI=1S/C20H20N2O4S2/c21-28(24,25)19-8-6-15(7-9-19)10-11-22-20(23)16-3-1-4-17(13-16)26-14-18-5-2-12-27-18/h1-9,12-13H,10-11,14H2,(H,22,23)(H2,21,24,25). The molecular formula is C20H20N2O4S2. The maximum Gasteiger partial charge on any atom is 0.251 e. The van der Waals surface area contributed by atoms with Crippen LogP contribution in [0.3, 0.4) is 0 Å². The average molecular weight is 417 g/mol. The molecule has 2 aromatic carbocycles. The maximum atomic E-state index is 12.3. The molecule has 0 aliphatic carbocycles. The van der Waals surface area contributed by atoms with Crippen LogP contribution in [0.1, 0.15) is 20.8 Å². The number of nitrogens with two attached hydrogens (primary N) is 1. The first-order valence-electron chi connectivity index (χ1n) is 8.57. The summed E-state index contributed by atoms with van der Waals surface area (Å²) in [5.41, 5.74) is 1.42. The van der Waals surface area contributed by atoms with Crippen LogP contribution in [-0.2, 0) is 23.1 Å². The van der Waals surface area contributed by atoms with Gasteiger partial charge in [-0.3, -0.25) is 4.79 Å². The number of benzene rings is 2. The molecule has 146 valence electrons. The normalized spacial score (nSPS) is 11.2. The van der Waals surface area contributed by atoms with Crippen molar-refractivity contribution in [3.8, 4) is 5.75 Å². The lowest BCUT2D eigenvalue weighted by atomic mass is 10.1. The molecule has 0 fully saturated rings. The second kappa shape index (κ2) is 9.01. The predicted octanol–water partition coefficient (Wildman–Crippen LogP) is 2.95. The van der Waals surface area contributed by atoms with E-state index in [4.69, 9.17) is 9.88 Å². The molecule has 28 heavy (non-hydrogen) atoms. The number of primary sulfonamides is 1. The fourth-order valence-corrected chi connectivity index (χ4v) is 3.68. The van der Waals surface area contributed by atoms with Crippen molar-refractivity contribution in [2.45, 2.75) is 17.9 Å². The smallest absolute Gasteiger partial charge is 0.251 e. The van der Waals surface area contributed by atoms with Gasteiger partial charge in [0.25, 0.3) is 5.91 Å². The van der Waals surface area contributed by atoms with E-state index in [1.54, 1.807) is 41.7 Å². The number of carbonyl (C=O) groups excluding carboxylic acids is 1. The quantitative estimate of drug-likeness (QED) is 0.590. The van der Waals surface area contributed by atoms with E-state index in [1.165, 1.54) is 12.1 Å². The van der Waals surface area contributed by atoms with Crippen LogP contribution in [0.5, 0.6) is 5.75 Å². The third kappa shape index (κ3) is 5.66. The second-order valence-electron chi connectivity index (χ2n) is 6.09. The molecule has 3 N–H and O–H groups in total. The highest BCUT2D eigenvalue weighted by atomic mass is 32.2. The lowest BCUT2D eigenvalue weighted by Crippen LogP contribution is -2.25. The van der Waals surface area contributed by atoms with Crippen molar-refractivity contribution in [2.75, 3.05) is 6.54 Å². The molecule has 3 aromatic rings. The topological polar surface area (TPSA) is 98.5 Å². The number of thiophene rings is 1. The molecule has 0 aliphatic heterocycles. The molecule has 0 saturated carbocycles. The lowest BCUT2D eigenvalue weighted by molar-refractivity contribution is 0.0953. The van der Waals surface area contributed by atoms with Gasteiger partial charge in [-0.25, -0.2) is 13.6 Å². The molecule has 3 rings (SSSR count). The van der Waals surface area contributed by atoms with Crippen LogP contribution < -0.4 is 15.2 Å². The number of sulfonamides is 1. The van der Waals surface area contributed by atoms with Gasteiger partial charge in [0.2, 0.25) is 10.0 Å². The summed E-state index contributed by atoms with van der Waals surface area (Å²) in [6.07, 6.45) is 0.575. The predicted molar refractivity (Wildman–Crippen MR) is 109 cm³/mol. The molecule has 0 saturated heterocycles. The van der Waals surface area contributed by atoms with Gasteiger partial charge in [0.15, 0.2) is 0 Å². The van der Waals surface area contributed by atoms with Gasteiger partial charge in [-0.15, -0.1) is 11.3 Å². The number of carbonyl (C=O) groups is 1. The van der Waals surface area contributed by atoms with Crippen LogP contribution in [0, 0.1) is 0 Å². The molecule has 1 aromatic heterocycles. The summed E-state index contributed by atoms with van der Waals surface area (Å²) in [5, 5.41) is 9.92. The first-order chi connectivity index (χ1) is 13.4. The van der Waals surface area contributed by atoms with Crippen molar-refractivity contribution in [3.63, 3.8) is 0 Å². The highest BCUT2D eigenvalue weighted by molar-refractivity contribution is 7.89. The minimum atomic E-state index is -3.69. The Balaban J connectivity index is 1.51. The van der Waals surface area contributed by atoms with E-state index >= 15 is 0 Å². The number of ether oxygens (including phenoxy) is 1. The summed E-state index contributed by atoms with van der Waals surface area (Å²) in [7, 11) is -3.69. The second-order valence-corrected chi connectivity index (χ2v) is 8.68. The zero-order valence-corrected chi connectivity index (χ0v) is 16.6. The summed E-state index contributed by atoms with van der Waals surface area (Å²) in [4.78, 5) is 13.5. The van der Waals surface area contributed by atoms with Crippen LogP contribution in [0.25, 0.3) is 0 Å². The molecule has 0 spiro atoms. The van der Waals surface area contributed by atoms with Gasteiger partial charge in [-0.05, 0) is 53.8 Å². The number of nitrogens with one attached hydrogen (secondary N) is 1. The van der Waals surface area contributed by atoms with Crippen molar-refractivity contribution in [1.29, 1.82) is 0 Å². The Morgan fingerprint density at radius 1 is 1.07 bits per heavy atom. The summed E-state index contributed by atoms with van der Waals surface area (Å²) >= 11 is 1.62. The van der Waals surface area contributed by atoms with E-state index in [0.717, 1.165) is 10.4 Å².